The van der Waals surface area contributed by atoms with Crippen LogP contribution in [0.25, 0.3) is 22.3 Å². The van der Waals surface area contributed by atoms with Crippen molar-refractivity contribution in [2.24, 2.45) is 0 Å². The SMILES string of the molecule is Fc1cccc(Nc2nc(-c3ccc(Cl)cc3)nc3ccccc23)c1. The summed E-state index contributed by atoms with van der Waals surface area (Å²) >= 11 is 5.96. The van der Waals surface area contributed by atoms with Crippen LogP contribution in [0, 0.1) is 5.82 Å². The molecule has 0 aliphatic carbocycles. The fourth-order valence-corrected chi connectivity index (χ4v) is 2.73. The Labute approximate surface area is 149 Å². The van der Waals surface area contributed by atoms with E-state index in [0.29, 0.717) is 22.4 Å². The number of nitrogens with one attached hydrogen (secondary N) is 1. The third kappa shape index (κ3) is 3.30. The molecule has 5 heteroatoms. The fraction of sp³-hybridized carbons (Fsp3) is 0. The van der Waals surface area contributed by atoms with E-state index in [9.17, 15) is 4.39 Å². The number of fused-ring (bicyclic) bond motifs is 1. The van der Waals surface area contributed by atoms with Gasteiger partial charge in [0, 0.05) is 21.7 Å². The summed E-state index contributed by atoms with van der Waals surface area (Å²) in [6.07, 6.45) is 0. The minimum Gasteiger partial charge on any atom is -0.340 e. The molecule has 122 valence electrons. The minimum atomic E-state index is -0.304. The second-order valence-corrected chi connectivity index (χ2v) is 5.99. The number of rotatable bonds is 3. The van der Waals surface area contributed by atoms with Crippen LogP contribution >= 0.6 is 11.6 Å². The Morgan fingerprint density at radius 2 is 1.64 bits per heavy atom. The number of halogens is 2. The maximum Gasteiger partial charge on any atom is 0.162 e. The van der Waals surface area contributed by atoms with Crippen LogP contribution in [0.15, 0.2) is 72.8 Å². The molecule has 0 saturated carbocycles. The molecule has 3 nitrogen and oxygen atoms in total. The topological polar surface area (TPSA) is 37.8 Å². The Kier molecular flexibility index (Phi) is 4.04. The lowest BCUT2D eigenvalue weighted by atomic mass is 10.2. The highest BCUT2D eigenvalue weighted by molar-refractivity contribution is 6.30. The van der Waals surface area contributed by atoms with Crippen molar-refractivity contribution in [1.29, 1.82) is 0 Å². The van der Waals surface area contributed by atoms with Gasteiger partial charge in [-0.3, -0.25) is 0 Å². The van der Waals surface area contributed by atoms with Gasteiger partial charge in [0.15, 0.2) is 5.82 Å². The molecular formula is C20H13ClFN3. The van der Waals surface area contributed by atoms with Crippen molar-refractivity contribution in [2.75, 3.05) is 5.32 Å². The number of benzene rings is 3. The smallest absolute Gasteiger partial charge is 0.162 e. The Morgan fingerprint density at radius 1 is 0.840 bits per heavy atom. The van der Waals surface area contributed by atoms with Gasteiger partial charge in [0.1, 0.15) is 11.6 Å². The highest BCUT2D eigenvalue weighted by atomic mass is 35.5. The van der Waals surface area contributed by atoms with Crippen LogP contribution < -0.4 is 5.32 Å². The summed E-state index contributed by atoms with van der Waals surface area (Å²) in [6.45, 7) is 0. The van der Waals surface area contributed by atoms with Gasteiger partial charge in [0.25, 0.3) is 0 Å². The molecule has 1 N–H and O–H groups in total. The molecule has 0 fully saturated rings. The summed E-state index contributed by atoms with van der Waals surface area (Å²) in [5.74, 6) is 0.900. The monoisotopic (exact) mass is 349 g/mol. The maximum atomic E-state index is 13.5. The van der Waals surface area contributed by atoms with Crippen molar-refractivity contribution < 1.29 is 4.39 Å². The number of para-hydroxylation sites is 1. The predicted molar refractivity (Wildman–Crippen MR) is 99.7 cm³/mol. The Morgan fingerprint density at radius 3 is 2.44 bits per heavy atom. The molecular weight excluding hydrogens is 337 g/mol. The van der Waals surface area contributed by atoms with Crippen molar-refractivity contribution in [3.8, 4) is 11.4 Å². The standard InChI is InChI=1S/C20H13ClFN3/c21-14-10-8-13(9-11-14)19-24-18-7-2-1-6-17(18)20(25-19)23-16-5-3-4-15(22)12-16/h1-12H,(H,23,24,25). The molecule has 0 amide bonds. The molecule has 3 aromatic carbocycles. The van der Waals surface area contributed by atoms with Gasteiger partial charge in [0.05, 0.1) is 5.52 Å². The fourth-order valence-electron chi connectivity index (χ4n) is 2.60. The summed E-state index contributed by atoms with van der Waals surface area (Å²) in [5.41, 5.74) is 2.30. The van der Waals surface area contributed by atoms with Gasteiger partial charge < -0.3 is 5.32 Å². The second kappa shape index (κ2) is 6.49. The lowest BCUT2D eigenvalue weighted by Gasteiger charge is -2.11. The van der Waals surface area contributed by atoms with Crippen LogP contribution in [0.4, 0.5) is 15.9 Å². The van der Waals surface area contributed by atoms with Crippen LogP contribution in [-0.2, 0) is 0 Å². The van der Waals surface area contributed by atoms with Crippen LogP contribution in [0.5, 0.6) is 0 Å². The second-order valence-electron chi connectivity index (χ2n) is 5.56. The minimum absolute atomic E-state index is 0.304. The van der Waals surface area contributed by atoms with E-state index in [1.165, 1.54) is 12.1 Å². The zero-order valence-corrected chi connectivity index (χ0v) is 13.8. The molecule has 4 aromatic rings. The predicted octanol–water partition coefficient (Wildman–Crippen LogP) is 5.83. The molecule has 1 heterocycles. The number of nitrogens with zero attached hydrogens (tertiary/aromatic N) is 2. The molecule has 0 unspecified atom stereocenters. The Hall–Kier alpha value is -2.98. The molecule has 4 rings (SSSR count). The average molecular weight is 350 g/mol. The Balaban J connectivity index is 1.85. The highest BCUT2D eigenvalue weighted by Gasteiger charge is 2.10. The average Bonchev–Trinajstić information content (AvgIpc) is 2.62. The van der Waals surface area contributed by atoms with Crippen LogP contribution in [-0.4, -0.2) is 9.97 Å². The lowest BCUT2D eigenvalue weighted by Crippen LogP contribution is -1.99. The molecule has 0 spiro atoms. The van der Waals surface area contributed by atoms with Gasteiger partial charge in [-0.1, -0.05) is 29.8 Å². The quantitative estimate of drug-likeness (QED) is 0.505. The molecule has 25 heavy (non-hydrogen) atoms. The first-order chi connectivity index (χ1) is 12.2. The molecule has 0 aliphatic rings. The summed E-state index contributed by atoms with van der Waals surface area (Å²) in [5, 5.41) is 4.71. The number of hydrogen-bond donors (Lipinski definition) is 1. The van der Waals surface area contributed by atoms with E-state index >= 15 is 0 Å². The van der Waals surface area contributed by atoms with Gasteiger partial charge in [-0.2, -0.15) is 0 Å². The van der Waals surface area contributed by atoms with Gasteiger partial charge in [0.2, 0.25) is 0 Å². The van der Waals surface area contributed by atoms with Crippen molar-refractivity contribution >= 4 is 34.0 Å². The highest BCUT2D eigenvalue weighted by Crippen LogP contribution is 2.28. The molecule has 0 aliphatic heterocycles. The summed E-state index contributed by atoms with van der Waals surface area (Å²) in [4.78, 5) is 9.26. The molecule has 0 bridgehead atoms. The zero-order valence-electron chi connectivity index (χ0n) is 13.1. The van der Waals surface area contributed by atoms with Crippen LogP contribution in [0.2, 0.25) is 5.02 Å². The summed E-state index contributed by atoms with van der Waals surface area (Å²) < 4.78 is 13.5. The zero-order chi connectivity index (χ0) is 17.2. The van der Waals surface area contributed by atoms with E-state index in [1.807, 2.05) is 36.4 Å². The van der Waals surface area contributed by atoms with Crippen molar-refractivity contribution in [1.82, 2.24) is 9.97 Å². The van der Waals surface area contributed by atoms with E-state index < -0.39 is 0 Å². The first-order valence-electron chi connectivity index (χ1n) is 7.74. The Bertz CT molecular complexity index is 1050. The van der Waals surface area contributed by atoms with Gasteiger partial charge in [-0.25, -0.2) is 14.4 Å². The third-order valence-corrected chi connectivity index (χ3v) is 4.04. The number of aromatic nitrogens is 2. The van der Waals surface area contributed by atoms with E-state index in [1.54, 1.807) is 24.3 Å². The summed E-state index contributed by atoms with van der Waals surface area (Å²) in [6, 6.07) is 21.3. The van der Waals surface area contributed by atoms with E-state index in [2.05, 4.69) is 15.3 Å². The van der Waals surface area contributed by atoms with Crippen molar-refractivity contribution in [3.05, 3.63) is 83.6 Å². The first-order valence-corrected chi connectivity index (χ1v) is 8.12. The molecule has 0 saturated heterocycles. The number of anilines is 2. The molecule has 0 atom stereocenters. The van der Waals surface area contributed by atoms with Crippen LogP contribution in [0.3, 0.4) is 0 Å². The normalized spacial score (nSPS) is 10.8. The summed E-state index contributed by atoms with van der Waals surface area (Å²) in [7, 11) is 0. The van der Waals surface area contributed by atoms with Gasteiger partial charge in [-0.15, -0.1) is 0 Å². The van der Waals surface area contributed by atoms with E-state index in [0.717, 1.165) is 16.5 Å². The largest absolute Gasteiger partial charge is 0.340 e. The van der Waals surface area contributed by atoms with Crippen molar-refractivity contribution in [2.45, 2.75) is 0 Å². The van der Waals surface area contributed by atoms with E-state index in [-0.39, 0.29) is 5.82 Å². The first kappa shape index (κ1) is 15.5. The maximum absolute atomic E-state index is 13.5. The lowest BCUT2D eigenvalue weighted by molar-refractivity contribution is 0.628. The third-order valence-electron chi connectivity index (χ3n) is 3.79. The number of hydrogen-bond acceptors (Lipinski definition) is 3. The van der Waals surface area contributed by atoms with E-state index in [4.69, 9.17) is 11.6 Å². The molecule has 0 radical (unpaired) electrons. The molecule has 1 aromatic heterocycles. The van der Waals surface area contributed by atoms with Crippen molar-refractivity contribution in [3.63, 3.8) is 0 Å². The van der Waals surface area contributed by atoms with Crippen LogP contribution in [0.1, 0.15) is 0 Å². The van der Waals surface area contributed by atoms with Gasteiger partial charge >= 0.3 is 0 Å². The van der Waals surface area contributed by atoms with Gasteiger partial charge in [-0.05, 0) is 54.6 Å².